The Labute approximate surface area is 165 Å². The highest BCUT2D eigenvalue weighted by atomic mass is 32.2. The van der Waals surface area contributed by atoms with E-state index in [-0.39, 0.29) is 10.5 Å². The van der Waals surface area contributed by atoms with E-state index < -0.39 is 15.9 Å². The molecule has 0 atom stereocenters. The zero-order chi connectivity index (χ0) is 20.6. The maximum Gasteiger partial charge on any atom is 0.285 e. The van der Waals surface area contributed by atoms with Gasteiger partial charge in [0.05, 0.1) is 17.2 Å². The average Bonchev–Trinajstić information content (AvgIpc) is 2.73. The average molecular weight is 404 g/mol. The summed E-state index contributed by atoms with van der Waals surface area (Å²) in [4.78, 5) is 12.1. The first kappa shape index (κ1) is 21.6. The Bertz CT molecular complexity index is 893. The number of nitriles is 1. The first-order valence-electron chi connectivity index (χ1n) is 9.07. The molecule has 0 saturated carbocycles. The number of hydrogen-bond donors (Lipinski definition) is 1. The van der Waals surface area contributed by atoms with Crippen molar-refractivity contribution in [3.8, 4) is 6.07 Å². The molecule has 0 bridgehead atoms. The van der Waals surface area contributed by atoms with E-state index in [1.54, 1.807) is 32.0 Å². The number of nitrogens with zero attached hydrogens (tertiary/aromatic N) is 3. The maximum atomic E-state index is 12.7. The lowest BCUT2D eigenvalue weighted by molar-refractivity contribution is -0.117. The Hall–Kier alpha value is -2.70. The Morgan fingerprint density at radius 3 is 2.50 bits per heavy atom. The third-order valence-electron chi connectivity index (χ3n) is 4.28. The second-order valence-corrected chi connectivity index (χ2v) is 8.16. The smallest absolute Gasteiger partial charge is 0.285 e. The number of piperidine rings is 1. The van der Waals surface area contributed by atoms with Gasteiger partial charge in [0.25, 0.3) is 5.91 Å². The zero-order valence-electron chi connectivity index (χ0n) is 16.0. The summed E-state index contributed by atoms with van der Waals surface area (Å²) in [6.07, 6.45) is 3.90. The van der Waals surface area contributed by atoms with Crippen LogP contribution in [0.25, 0.3) is 0 Å². The summed E-state index contributed by atoms with van der Waals surface area (Å²) in [6.45, 7) is 4.85. The first-order chi connectivity index (χ1) is 13.4. The highest BCUT2D eigenvalue weighted by molar-refractivity contribution is 7.89. The molecule has 0 aliphatic carbocycles. The Kier molecular flexibility index (Phi) is 7.72. The molecule has 9 heteroatoms. The largest absolute Gasteiger partial charge is 0.500 e. The normalized spacial score (nSPS) is 16.3. The van der Waals surface area contributed by atoms with Gasteiger partial charge < -0.3 is 4.74 Å². The van der Waals surface area contributed by atoms with Crippen LogP contribution in [0.4, 0.5) is 0 Å². The molecular weight excluding hydrogens is 380 g/mol. The SMILES string of the molecule is CCO/C=C(\C#N)C(=O)N/N=C(\C)c1ccc(S(=O)(=O)N2CCCCC2)cc1. The molecule has 1 aliphatic heterocycles. The lowest BCUT2D eigenvalue weighted by atomic mass is 10.1. The first-order valence-corrected chi connectivity index (χ1v) is 10.5. The van der Waals surface area contributed by atoms with Gasteiger partial charge in [0.2, 0.25) is 10.0 Å². The van der Waals surface area contributed by atoms with E-state index >= 15 is 0 Å². The molecule has 1 aromatic carbocycles. The minimum Gasteiger partial charge on any atom is -0.500 e. The Morgan fingerprint density at radius 2 is 1.93 bits per heavy atom. The molecule has 1 aliphatic rings. The molecule has 1 N–H and O–H groups in total. The number of nitrogens with one attached hydrogen (secondary N) is 1. The van der Waals surface area contributed by atoms with Gasteiger partial charge in [-0.2, -0.15) is 14.7 Å². The number of hydrogen-bond acceptors (Lipinski definition) is 6. The predicted molar refractivity (Wildman–Crippen MR) is 105 cm³/mol. The second-order valence-electron chi connectivity index (χ2n) is 6.23. The van der Waals surface area contributed by atoms with Crippen molar-refractivity contribution in [1.82, 2.24) is 9.73 Å². The highest BCUT2D eigenvalue weighted by Gasteiger charge is 2.25. The number of benzene rings is 1. The van der Waals surface area contributed by atoms with E-state index in [9.17, 15) is 13.2 Å². The van der Waals surface area contributed by atoms with Crippen LogP contribution in [0.3, 0.4) is 0 Å². The van der Waals surface area contributed by atoms with Gasteiger partial charge in [-0.05, 0) is 44.4 Å². The van der Waals surface area contributed by atoms with Gasteiger partial charge in [0.15, 0.2) is 5.57 Å². The van der Waals surface area contributed by atoms with Crippen LogP contribution in [0.2, 0.25) is 0 Å². The standard InChI is InChI=1S/C19H24N4O4S/c1-3-27-14-17(13-20)19(24)22-21-15(2)16-7-9-18(10-8-16)28(25,26)23-11-5-4-6-12-23/h7-10,14H,3-6,11-12H2,1-2H3,(H,22,24)/b17-14+,21-15+. The number of sulfonamides is 1. The fourth-order valence-corrected chi connectivity index (χ4v) is 4.20. The van der Waals surface area contributed by atoms with Gasteiger partial charge >= 0.3 is 0 Å². The van der Waals surface area contributed by atoms with Crippen LogP contribution < -0.4 is 5.43 Å². The number of amides is 1. The number of carbonyl (C=O) groups excluding carboxylic acids is 1. The summed E-state index contributed by atoms with van der Waals surface area (Å²) in [5, 5.41) is 12.9. The second kappa shape index (κ2) is 10.0. The van der Waals surface area contributed by atoms with Crippen molar-refractivity contribution in [3.05, 3.63) is 41.7 Å². The molecule has 1 aromatic rings. The van der Waals surface area contributed by atoms with Crippen molar-refractivity contribution in [1.29, 1.82) is 5.26 Å². The molecule has 1 saturated heterocycles. The van der Waals surface area contributed by atoms with Crippen LogP contribution in [0.15, 0.2) is 46.1 Å². The highest BCUT2D eigenvalue weighted by Crippen LogP contribution is 2.21. The van der Waals surface area contributed by atoms with Crippen molar-refractivity contribution in [2.75, 3.05) is 19.7 Å². The van der Waals surface area contributed by atoms with Crippen LogP contribution >= 0.6 is 0 Å². The summed E-state index contributed by atoms with van der Waals surface area (Å²) in [6, 6.07) is 8.10. The van der Waals surface area contributed by atoms with Gasteiger partial charge in [0.1, 0.15) is 12.3 Å². The van der Waals surface area contributed by atoms with Crippen molar-refractivity contribution in [2.45, 2.75) is 38.0 Å². The van der Waals surface area contributed by atoms with E-state index in [1.165, 1.54) is 16.4 Å². The molecule has 1 amide bonds. The summed E-state index contributed by atoms with van der Waals surface area (Å²) >= 11 is 0. The molecule has 0 unspecified atom stereocenters. The molecule has 150 valence electrons. The summed E-state index contributed by atoms with van der Waals surface area (Å²) in [5.41, 5.74) is 3.23. The van der Waals surface area contributed by atoms with Gasteiger partial charge in [-0.3, -0.25) is 4.79 Å². The third kappa shape index (κ3) is 5.41. The van der Waals surface area contributed by atoms with E-state index in [2.05, 4.69) is 10.5 Å². The van der Waals surface area contributed by atoms with Crippen molar-refractivity contribution in [3.63, 3.8) is 0 Å². The minimum absolute atomic E-state index is 0.193. The van der Waals surface area contributed by atoms with Crippen LogP contribution in [-0.2, 0) is 19.6 Å². The van der Waals surface area contributed by atoms with Gasteiger partial charge in [-0.15, -0.1) is 0 Å². The lowest BCUT2D eigenvalue weighted by Gasteiger charge is -2.25. The lowest BCUT2D eigenvalue weighted by Crippen LogP contribution is -2.35. The molecule has 1 heterocycles. The van der Waals surface area contributed by atoms with Crippen LogP contribution in [0, 0.1) is 11.3 Å². The van der Waals surface area contributed by atoms with Gasteiger partial charge in [-0.1, -0.05) is 18.6 Å². The molecule has 0 radical (unpaired) electrons. The Morgan fingerprint density at radius 1 is 1.29 bits per heavy atom. The van der Waals surface area contributed by atoms with Crippen LogP contribution in [-0.4, -0.2) is 44.0 Å². The summed E-state index contributed by atoms with van der Waals surface area (Å²) in [7, 11) is -3.49. The Balaban J connectivity index is 2.09. The van der Waals surface area contributed by atoms with Gasteiger partial charge in [0, 0.05) is 13.1 Å². The zero-order valence-corrected chi connectivity index (χ0v) is 16.8. The predicted octanol–water partition coefficient (Wildman–Crippen LogP) is 2.15. The summed E-state index contributed by atoms with van der Waals surface area (Å²) in [5.74, 6) is -0.681. The molecule has 2 rings (SSSR count). The van der Waals surface area contributed by atoms with Crippen molar-refractivity contribution >= 4 is 21.6 Å². The fourth-order valence-electron chi connectivity index (χ4n) is 2.68. The minimum atomic E-state index is -3.49. The number of carbonyl (C=O) groups is 1. The third-order valence-corrected chi connectivity index (χ3v) is 6.20. The molecule has 1 fully saturated rings. The van der Waals surface area contributed by atoms with Crippen molar-refractivity contribution < 1.29 is 17.9 Å². The monoisotopic (exact) mass is 404 g/mol. The molecular formula is C19H24N4O4S. The molecule has 0 aromatic heterocycles. The number of hydrazone groups is 1. The number of ether oxygens (including phenoxy) is 1. The maximum absolute atomic E-state index is 12.7. The van der Waals surface area contributed by atoms with Crippen molar-refractivity contribution in [2.24, 2.45) is 5.10 Å². The fraction of sp³-hybridized carbons (Fsp3) is 0.421. The molecule has 28 heavy (non-hydrogen) atoms. The van der Waals surface area contributed by atoms with E-state index in [0.717, 1.165) is 25.5 Å². The topological polar surface area (TPSA) is 112 Å². The van der Waals surface area contributed by atoms with Crippen LogP contribution in [0.5, 0.6) is 0 Å². The van der Waals surface area contributed by atoms with E-state index in [0.29, 0.717) is 31.0 Å². The van der Waals surface area contributed by atoms with E-state index in [1.807, 2.05) is 0 Å². The number of rotatable bonds is 7. The molecule has 0 spiro atoms. The van der Waals surface area contributed by atoms with E-state index in [4.69, 9.17) is 10.00 Å². The molecule has 8 nitrogen and oxygen atoms in total. The quantitative estimate of drug-likeness (QED) is 0.246. The van der Waals surface area contributed by atoms with Gasteiger partial charge in [-0.25, -0.2) is 13.8 Å². The summed E-state index contributed by atoms with van der Waals surface area (Å²) < 4.78 is 31.8. The van der Waals surface area contributed by atoms with Crippen LogP contribution in [0.1, 0.15) is 38.7 Å².